The molecule has 2 heterocycles. The second-order valence-electron chi connectivity index (χ2n) is 6.86. The van der Waals surface area contributed by atoms with Crippen molar-refractivity contribution in [3.63, 3.8) is 0 Å². The van der Waals surface area contributed by atoms with Gasteiger partial charge in [-0.25, -0.2) is 17.6 Å². The maximum absolute atomic E-state index is 13.8. The van der Waals surface area contributed by atoms with Crippen LogP contribution in [0.4, 0.5) is 10.1 Å². The summed E-state index contributed by atoms with van der Waals surface area (Å²) in [5.41, 5.74) is 2.80. The molecule has 0 aliphatic rings. The largest absolute Gasteiger partial charge is 0.259 e. The molecule has 0 bridgehead atoms. The molecule has 0 aliphatic carbocycles. The first-order valence-electron chi connectivity index (χ1n) is 8.97. The van der Waals surface area contributed by atoms with Crippen LogP contribution >= 0.6 is 0 Å². The van der Waals surface area contributed by atoms with Gasteiger partial charge in [0.2, 0.25) is 0 Å². The number of aryl methyl sites for hydroxylation is 1. The molecule has 0 saturated heterocycles. The first kappa shape index (κ1) is 19.2. The van der Waals surface area contributed by atoms with Gasteiger partial charge < -0.3 is 0 Å². The van der Waals surface area contributed by atoms with E-state index in [2.05, 4.69) is 14.4 Å². The van der Waals surface area contributed by atoms with Crippen molar-refractivity contribution in [3.8, 4) is 5.69 Å². The fourth-order valence-electron chi connectivity index (χ4n) is 2.96. The number of fused-ring (bicyclic) bond motifs is 1. The standard InChI is InChI=1S/C21H20FN5OS/c1-15-7-9-18(10-8-15)29(28,26(2)3)25-21-6-4-5-20-19(21)14-27(24-20)17-11-16(22)12-23-13-17/h4-14H,1-3H3. The quantitative estimate of drug-likeness (QED) is 0.498. The highest BCUT2D eigenvalue weighted by Crippen LogP contribution is 2.30. The normalized spacial score (nSPS) is 13.6. The van der Waals surface area contributed by atoms with Crippen molar-refractivity contribution in [2.75, 3.05) is 14.1 Å². The monoisotopic (exact) mass is 409 g/mol. The van der Waals surface area contributed by atoms with E-state index in [0.717, 1.165) is 17.1 Å². The van der Waals surface area contributed by atoms with Crippen molar-refractivity contribution in [3.05, 3.63) is 78.5 Å². The predicted molar refractivity (Wildman–Crippen MR) is 112 cm³/mol. The highest BCUT2D eigenvalue weighted by Gasteiger charge is 2.17. The summed E-state index contributed by atoms with van der Waals surface area (Å²) in [6.07, 6.45) is 4.41. The number of rotatable bonds is 4. The van der Waals surface area contributed by atoms with Gasteiger partial charge in [0.1, 0.15) is 15.7 Å². The van der Waals surface area contributed by atoms with Crippen molar-refractivity contribution in [2.45, 2.75) is 11.8 Å². The van der Waals surface area contributed by atoms with E-state index in [1.807, 2.05) is 43.3 Å². The predicted octanol–water partition coefficient (Wildman–Crippen LogP) is 4.50. The van der Waals surface area contributed by atoms with E-state index in [-0.39, 0.29) is 0 Å². The molecule has 0 fully saturated rings. The molecule has 1 atom stereocenters. The van der Waals surface area contributed by atoms with Crippen LogP contribution in [0.2, 0.25) is 0 Å². The molecule has 1 unspecified atom stereocenters. The Morgan fingerprint density at radius 3 is 2.55 bits per heavy atom. The Balaban J connectivity index is 1.90. The van der Waals surface area contributed by atoms with Crippen LogP contribution < -0.4 is 0 Å². The van der Waals surface area contributed by atoms with Gasteiger partial charge in [0.05, 0.1) is 34.2 Å². The molecule has 0 saturated carbocycles. The summed E-state index contributed by atoms with van der Waals surface area (Å²) in [6, 6.07) is 14.3. The molecule has 0 aliphatic heterocycles. The van der Waals surface area contributed by atoms with Crippen LogP contribution in [-0.2, 0) is 9.92 Å². The fraction of sp³-hybridized carbons (Fsp3) is 0.143. The van der Waals surface area contributed by atoms with Gasteiger partial charge in [-0.3, -0.25) is 4.98 Å². The van der Waals surface area contributed by atoms with Crippen LogP contribution in [0.15, 0.2) is 76.4 Å². The van der Waals surface area contributed by atoms with E-state index in [0.29, 0.717) is 21.8 Å². The lowest BCUT2D eigenvalue weighted by molar-refractivity contribution is 0.592. The first-order valence-corrected chi connectivity index (χ1v) is 10.4. The lowest BCUT2D eigenvalue weighted by Gasteiger charge is -2.17. The highest BCUT2D eigenvalue weighted by atomic mass is 32.2. The molecule has 2 aromatic heterocycles. The van der Waals surface area contributed by atoms with Crippen LogP contribution in [-0.4, -0.2) is 37.4 Å². The Morgan fingerprint density at radius 1 is 1.10 bits per heavy atom. The third-order valence-electron chi connectivity index (χ3n) is 4.53. The third-order valence-corrected chi connectivity index (χ3v) is 6.85. The summed E-state index contributed by atoms with van der Waals surface area (Å²) in [5.74, 6) is -0.443. The Bertz CT molecular complexity index is 1300. The molecular formula is C21H20FN5OS. The number of hydrogen-bond donors (Lipinski definition) is 0. The van der Waals surface area contributed by atoms with Crippen LogP contribution in [0.5, 0.6) is 0 Å². The maximum atomic E-state index is 13.8. The molecule has 0 N–H and O–H groups in total. The summed E-state index contributed by atoms with van der Waals surface area (Å²) in [4.78, 5) is 4.50. The van der Waals surface area contributed by atoms with Crippen molar-refractivity contribution in [2.24, 2.45) is 4.36 Å². The van der Waals surface area contributed by atoms with Gasteiger partial charge in [0.15, 0.2) is 0 Å². The summed E-state index contributed by atoms with van der Waals surface area (Å²) >= 11 is 0. The van der Waals surface area contributed by atoms with E-state index in [9.17, 15) is 8.60 Å². The van der Waals surface area contributed by atoms with Gasteiger partial charge in [-0.05, 0) is 31.2 Å². The molecule has 0 spiro atoms. The van der Waals surface area contributed by atoms with E-state index in [1.54, 1.807) is 35.3 Å². The summed E-state index contributed by atoms with van der Waals surface area (Å²) in [6.45, 7) is 1.98. The molecule has 0 amide bonds. The Kier molecular flexibility index (Phi) is 4.89. The van der Waals surface area contributed by atoms with Crippen LogP contribution in [0.25, 0.3) is 16.6 Å². The second kappa shape index (κ2) is 7.38. The third kappa shape index (κ3) is 3.64. The van der Waals surface area contributed by atoms with Crippen LogP contribution in [0, 0.1) is 12.7 Å². The van der Waals surface area contributed by atoms with Gasteiger partial charge in [-0.2, -0.15) is 9.46 Å². The Labute approximate surface area is 168 Å². The number of benzene rings is 2. The zero-order chi connectivity index (χ0) is 20.6. The number of halogens is 1. The summed E-state index contributed by atoms with van der Waals surface area (Å²) < 4.78 is 35.2. The van der Waals surface area contributed by atoms with Gasteiger partial charge in [-0.1, -0.05) is 23.8 Å². The number of nitrogens with zero attached hydrogens (tertiary/aromatic N) is 5. The molecule has 2 aromatic carbocycles. The fourth-order valence-corrected chi connectivity index (χ4v) is 4.57. The molecule has 29 heavy (non-hydrogen) atoms. The minimum absolute atomic E-state index is 0.443. The van der Waals surface area contributed by atoms with Gasteiger partial charge in [0, 0.05) is 31.7 Å². The van der Waals surface area contributed by atoms with Gasteiger partial charge in [0.25, 0.3) is 0 Å². The topological polar surface area (TPSA) is 63.4 Å². The highest BCUT2D eigenvalue weighted by molar-refractivity contribution is 7.91. The lowest BCUT2D eigenvalue weighted by atomic mass is 10.2. The average molecular weight is 409 g/mol. The Morgan fingerprint density at radius 2 is 1.86 bits per heavy atom. The average Bonchev–Trinajstić information content (AvgIpc) is 3.14. The van der Waals surface area contributed by atoms with Crippen molar-refractivity contribution < 1.29 is 8.60 Å². The summed E-state index contributed by atoms with van der Waals surface area (Å²) in [7, 11) is 0.629. The second-order valence-corrected chi connectivity index (χ2v) is 9.24. The SMILES string of the molecule is Cc1ccc(S(=O)(=Nc2cccc3nn(-c4cncc(F)c4)cc23)N(C)C)cc1. The van der Waals surface area contributed by atoms with Gasteiger partial charge >= 0.3 is 0 Å². The molecule has 6 nitrogen and oxygen atoms in total. The maximum Gasteiger partial charge on any atom is 0.144 e. The molecule has 0 radical (unpaired) electrons. The molecular weight excluding hydrogens is 389 g/mol. The summed E-state index contributed by atoms with van der Waals surface area (Å²) in [5, 5.41) is 5.21. The van der Waals surface area contributed by atoms with Crippen LogP contribution in [0.3, 0.4) is 0 Å². The van der Waals surface area contributed by atoms with E-state index >= 15 is 0 Å². The number of aromatic nitrogens is 3. The smallest absolute Gasteiger partial charge is 0.144 e. The molecule has 8 heteroatoms. The minimum Gasteiger partial charge on any atom is -0.259 e. The zero-order valence-electron chi connectivity index (χ0n) is 16.3. The first-order chi connectivity index (χ1) is 13.9. The van der Waals surface area contributed by atoms with E-state index < -0.39 is 15.7 Å². The van der Waals surface area contributed by atoms with E-state index in [4.69, 9.17) is 0 Å². The molecule has 148 valence electrons. The van der Waals surface area contributed by atoms with Crippen molar-refractivity contribution in [1.29, 1.82) is 0 Å². The van der Waals surface area contributed by atoms with Gasteiger partial charge in [-0.15, -0.1) is 0 Å². The number of hydrogen-bond acceptors (Lipinski definition) is 4. The molecule has 4 rings (SSSR count). The lowest BCUT2D eigenvalue weighted by Crippen LogP contribution is -2.21. The number of pyridine rings is 1. The minimum atomic E-state index is -2.86. The van der Waals surface area contributed by atoms with Crippen molar-refractivity contribution in [1.82, 2.24) is 19.1 Å². The zero-order valence-corrected chi connectivity index (χ0v) is 17.1. The van der Waals surface area contributed by atoms with E-state index in [1.165, 1.54) is 12.3 Å². The Hall–Kier alpha value is -3.10. The molecule has 4 aromatic rings. The van der Waals surface area contributed by atoms with Crippen molar-refractivity contribution >= 4 is 26.5 Å². The van der Waals surface area contributed by atoms with Crippen LogP contribution in [0.1, 0.15) is 5.56 Å².